The molecule has 0 aliphatic heterocycles. The molecular formula is C15H17IN2O. The molecule has 0 spiro atoms. The second kappa shape index (κ2) is 6.34. The first-order valence-electron chi connectivity index (χ1n) is 6.19. The van der Waals surface area contributed by atoms with E-state index in [9.17, 15) is 0 Å². The molecule has 4 heteroatoms. The van der Waals surface area contributed by atoms with E-state index in [1.165, 1.54) is 3.57 Å². The second-order valence-corrected chi connectivity index (χ2v) is 5.95. The van der Waals surface area contributed by atoms with Crippen LogP contribution in [0.1, 0.15) is 18.1 Å². The number of ether oxygens (including phenoxy) is 1. The smallest absolute Gasteiger partial charge is 0.222 e. The highest BCUT2D eigenvalue weighted by molar-refractivity contribution is 14.1. The molecule has 3 nitrogen and oxygen atoms in total. The highest BCUT2D eigenvalue weighted by Crippen LogP contribution is 2.24. The zero-order chi connectivity index (χ0) is 13.8. The zero-order valence-electron chi connectivity index (χ0n) is 11.1. The van der Waals surface area contributed by atoms with Crippen LogP contribution in [0.4, 0.5) is 0 Å². The van der Waals surface area contributed by atoms with Crippen molar-refractivity contribution in [3.63, 3.8) is 0 Å². The quantitative estimate of drug-likeness (QED) is 0.838. The van der Waals surface area contributed by atoms with Crippen LogP contribution in [0.15, 0.2) is 36.5 Å². The largest absolute Gasteiger partial charge is 0.439 e. The number of benzene rings is 1. The van der Waals surface area contributed by atoms with Gasteiger partial charge in [0.1, 0.15) is 5.75 Å². The standard InChI is InChI=1S/C15H17IN2O/c1-10-7-12(8-11(2)17)9-18-15(10)19-14-5-3-13(16)4-6-14/h3-7,9,11H,8,17H2,1-2H3. The Balaban J connectivity index is 2.15. The Morgan fingerprint density at radius 3 is 2.58 bits per heavy atom. The molecule has 1 atom stereocenters. The van der Waals surface area contributed by atoms with Crippen LogP contribution in [0.25, 0.3) is 0 Å². The number of halogens is 1. The molecule has 1 unspecified atom stereocenters. The van der Waals surface area contributed by atoms with Gasteiger partial charge in [-0.1, -0.05) is 0 Å². The lowest BCUT2D eigenvalue weighted by Crippen LogP contribution is -2.17. The number of nitrogens with two attached hydrogens (primary N) is 1. The SMILES string of the molecule is Cc1cc(CC(C)N)cnc1Oc1ccc(I)cc1. The fraction of sp³-hybridized carbons (Fsp3) is 0.267. The molecule has 2 aromatic rings. The number of aromatic nitrogens is 1. The molecule has 1 aromatic heterocycles. The number of pyridine rings is 1. The maximum atomic E-state index is 5.79. The van der Waals surface area contributed by atoms with Crippen molar-refractivity contribution < 1.29 is 4.74 Å². The Hall–Kier alpha value is -1.14. The summed E-state index contributed by atoms with van der Waals surface area (Å²) in [5, 5.41) is 0. The van der Waals surface area contributed by atoms with E-state index in [0.717, 1.165) is 23.3 Å². The molecule has 100 valence electrons. The van der Waals surface area contributed by atoms with Crippen LogP contribution in [-0.4, -0.2) is 11.0 Å². The van der Waals surface area contributed by atoms with Crippen molar-refractivity contribution in [2.75, 3.05) is 0 Å². The normalized spacial score (nSPS) is 12.2. The van der Waals surface area contributed by atoms with Crippen LogP contribution in [0.5, 0.6) is 11.6 Å². The van der Waals surface area contributed by atoms with Crippen molar-refractivity contribution in [3.8, 4) is 11.6 Å². The van der Waals surface area contributed by atoms with Gasteiger partial charge in [-0.05, 0) is 78.8 Å². The summed E-state index contributed by atoms with van der Waals surface area (Å²) >= 11 is 2.27. The van der Waals surface area contributed by atoms with Gasteiger partial charge in [0, 0.05) is 21.4 Å². The van der Waals surface area contributed by atoms with Crippen LogP contribution in [0.3, 0.4) is 0 Å². The fourth-order valence-electron chi connectivity index (χ4n) is 1.82. The predicted molar refractivity (Wildman–Crippen MR) is 85.6 cm³/mol. The van der Waals surface area contributed by atoms with Crippen LogP contribution in [-0.2, 0) is 6.42 Å². The van der Waals surface area contributed by atoms with Gasteiger partial charge < -0.3 is 10.5 Å². The number of hydrogen-bond acceptors (Lipinski definition) is 3. The van der Waals surface area contributed by atoms with E-state index in [4.69, 9.17) is 10.5 Å². The van der Waals surface area contributed by atoms with E-state index < -0.39 is 0 Å². The van der Waals surface area contributed by atoms with Crippen molar-refractivity contribution >= 4 is 22.6 Å². The monoisotopic (exact) mass is 368 g/mol. The summed E-state index contributed by atoms with van der Waals surface area (Å²) in [7, 11) is 0. The van der Waals surface area contributed by atoms with Gasteiger partial charge in [-0.2, -0.15) is 0 Å². The minimum absolute atomic E-state index is 0.143. The van der Waals surface area contributed by atoms with Crippen LogP contribution in [0, 0.1) is 10.5 Å². The van der Waals surface area contributed by atoms with Crippen LogP contribution >= 0.6 is 22.6 Å². The molecular weight excluding hydrogens is 351 g/mol. The third kappa shape index (κ3) is 4.18. The van der Waals surface area contributed by atoms with Gasteiger partial charge in [0.05, 0.1) is 0 Å². The van der Waals surface area contributed by atoms with Gasteiger partial charge in [0.2, 0.25) is 5.88 Å². The third-order valence-corrected chi connectivity index (χ3v) is 3.39. The van der Waals surface area contributed by atoms with E-state index in [-0.39, 0.29) is 6.04 Å². The second-order valence-electron chi connectivity index (χ2n) is 4.70. The van der Waals surface area contributed by atoms with Gasteiger partial charge in [0.25, 0.3) is 0 Å². The van der Waals surface area contributed by atoms with E-state index in [0.29, 0.717) is 5.88 Å². The van der Waals surface area contributed by atoms with Gasteiger partial charge in [-0.15, -0.1) is 0 Å². The van der Waals surface area contributed by atoms with Crippen molar-refractivity contribution in [1.82, 2.24) is 4.98 Å². The minimum Gasteiger partial charge on any atom is -0.439 e. The lowest BCUT2D eigenvalue weighted by molar-refractivity contribution is 0.458. The lowest BCUT2D eigenvalue weighted by Gasteiger charge is -2.10. The predicted octanol–water partition coefficient (Wildman–Crippen LogP) is 3.68. The Morgan fingerprint density at radius 1 is 1.32 bits per heavy atom. The van der Waals surface area contributed by atoms with E-state index in [1.54, 1.807) is 0 Å². The van der Waals surface area contributed by atoms with Gasteiger partial charge >= 0.3 is 0 Å². The summed E-state index contributed by atoms with van der Waals surface area (Å²) in [5.74, 6) is 1.45. The highest BCUT2D eigenvalue weighted by atomic mass is 127. The Kier molecular flexibility index (Phi) is 4.76. The summed E-state index contributed by atoms with van der Waals surface area (Å²) < 4.78 is 6.96. The molecule has 0 saturated carbocycles. The molecule has 2 rings (SSSR count). The average Bonchev–Trinajstić information content (AvgIpc) is 2.34. The molecule has 0 saturated heterocycles. The molecule has 0 radical (unpaired) electrons. The summed E-state index contributed by atoms with van der Waals surface area (Å²) in [6, 6.07) is 10.1. The lowest BCUT2D eigenvalue weighted by atomic mass is 10.1. The Bertz CT molecular complexity index is 553. The first-order valence-corrected chi connectivity index (χ1v) is 7.27. The number of nitrogens with zero attached hydrogens (tertiary/aromatic N) is 1. The molecule has 2 N–H and O–H groups in total. The van der Waals surface area contributed by atoms with Crippen molar-refractivity contribution in [2.45, 2.75) is 26.3 Å². The zero-order valence-corrected chi connectivity index (χ0v) is 13.2. The molecule has 0 aliphatic rings. The number of aryl methyl sites for hydroxylation is 1. The summed E-state index contributed by atoms with van der Waals surface area (Å²) in [6.45, 7) is 3.99. The van der Waals surface area contributed by atoms with Gasteiger partial charge in [-0.25, -0.2) is 4.98 Å². The van der Waals surface area contributed by atoms with Crippen molar-refractivity contribution in [1.29, 1.82) is 0 Å². The number of hydrogen-bond donors (Lipinski definition) is 1. The molecule has 1 heterocycles. The van der Waals surface area contributed by atoms with Crippen molar-refractivity contribution in [3.05, 3.63) is 51.2 Å². The van der Waals surface area contributed by atoms with E-state index in [1.807, 2.05) is 44.3 Å². The van der Waals surface area contributed by atoms with E-state index in [2.05, 4.69) is 33.6 Å². The summed E-state index contributed by atoms with van der Waals surface area (Å²) in [4.78, 5) is 4.37. The number of rotatable bonds is 4. The summed E-state index contributed by atoms with van der Waals surface area (Å²) in [5.41, 5.74) is 7.96. The Labute approximate surface area is 127 Å². The van der Waals surface area contributed by atoms with Gasteiger partial charge in [-0.3, -0.25) is 0 Å². The van der Waals surface area contributed by atoms with Gasteiger partial charge in [0.15, 0.2) is 0 Å². The molecule has 1 aromatic carbocycles. The molecule has 0 fully saturated rings. The maximum absolute atomic E-state index is 5.79. The molecule has 0 aliphatic carbocycles. The highest BCUT2D eigenvalue weighted by Gasteiger charge is 2.06. The molecule has 0 bridgehead atoms. The van der Waals surface area contributed by atoms with E-state index >= 15 is 0 Å². The Morgan fingerprint density at radius 2 is 2.00 bits per heavy atom. The van der Waals surface area contributed by atoms with Crippen molar-refractivity contribution in [2.24, 2.45) is 5.73 Å². The molecule has 0 amide bonds. The van der Waals surface area contributed by atoms with Crippen LogP contribution in [0.2, 0.25) is 0 Å². The topological polar surface area (TPSA) is 48.1 Å². The maximum Gasteiger partial charge on any atom is 0.222 e. The average molecular weight is 368 g/mol. The third-order valence-electron chi connectivity index (χ3n) is 2.67. The first kappa shape index (κ1) is 14.3. The summed E-state index contributed by atoms with van der Waals surface area (Å²) in [6.07, 6.45) is 2.66. The molecule has 19 heavy (non-hydrogen) atoms. The minimum atomic E-state index is 0.143. The van der Waals surface area contributed by atoms with Crippen LogP contribution < -0.4 is 10.5 Å². The first-order chi connectivity index (χ1) is 9.04. The fourth-order valence-corrected chi connectivity index (χ4v) is 2.18.